The van der Waals surface area contributed by atoms with Gasteiger partial charge in [0.2, 0.25) is 0 Å². The van der Waals surface area contributed by atoms with E-state index < -0.39 is 9.84 Å². The van der Waals surface area contributed by atoms with E-state index in [1.807, 2.05) is 24.3 Å². The summed E-state index contributed by atoms with van der Waals surface area (Å²) in [5, 5.41) is 17.0. The molecule has 0 spiro atoms. The van der Waals surface area contributed by atoms with Crippen molar-refractivity contribution in [3.05, 3.63) is 97.4 Å². The minimum Gasteiger partial charge on any atom is -0.229 e. The van der Waals surface area contributed by atoms with Gasteiger partial charge >= 0.3 is 0 Å². The molecule has 1 saturated carbocycles. The van der Waals surface area contributed by atoms with E-state index in [-0.39, 0.29) is 21.8 Å². The van der Waals surface area contributed by atoms with Crippen molar-refractivity contribution in [2.45, 2.75) is 30.1 Å². The van der Waals surface area contributed by atoms with E-state index in [9.17, 15) is 8.42 Å². The highest BCUT2D eigenvalue weighted by atomic mass is 35.5. The Bertz CT molecular complexity index is 1850. The van der Waals surface area contributed by atoms with E-state index in [2.05, 4.69) is 10.2 Å². The molecule has 2 aromatic heterocycles. The largest absolute Gasteiger partial charge is 0.229 e. The molecule has 2 heterocycles. The minimum absolute atomic E-state index is 0.0578. The molecule has 40 heavy (non-hydrogen) atoms. The number of aromatic nitrogens is 4. The fourth-order valence-electron chi connectivity index (χ4n) is 4.70. The third-order valence-corrected chi connectivity index (χ3v) is 10.9. The molecule has 0 saturated heterocycles. The van der Waals surface area contributed by atoms with E-state index in [4.69, 9.17) is 51.5 Å². The third kappa shape index (κ3) is 4.85. The fraction of sp³-hybridized carbons (Fsp3) is 0.179. The van der Waals surface area contributed by atoms with Crippen LogP contribution in [0.15, 0.2) is 71.6 Å². The average molecular weight is 650 g/mol. The molecule has 204 valence electrons. The van der Waals surface area contributed by atoms with Gasteiger partial charge in [-0.25, -0.2) is 13.1 Å². The summed E-state index contributed by atoms with van der Waals surface area (Å²) in [6, 6.07) is 19.6. The predicted molar refractivity (Wildman–Crippen MR) is 162 cm³/mol. The molecule has 0 bridgehead atoms. The zero-order chi connectivity index (χ0) is 28.2. The second-order valence-corrected chi connectivity index (χ2v) is 14.4. The Kier molecular flexibility index (Phi) is 7.22. The van der Waals surface area contributed by atoms with Crippen molar-refractivity contribution in [3.63, 3.8) is 0 Å². The Labute approximate surface area is 255 Å². The maximum Gasteiger partial charge on any atom is 0.182 e. The van der Waals surface area contributed by atoms with Gasteiger partial charge in [0.05, 0.1) is 22.2 Å². The van der Waals surface area contributed by atoms with Crippen LogP contribution in [0.3, 0.4) is 0 Å². The second-order valence-electron chi connectivity index (χ2n) is 9.45. The summed E-state index contributed by atoms with van der Waals surface area (Å²) in [6.07, 6.45) is 1.82. The van der Waals surface area contributed by atoms with Gasteiger partial charge in [0.15, 0.2) is 14.8 Å². The zero-order valence-electron chi connectivity index (χ0n) is 20.9. The maximum absolute atomic E-state index is 13.7. The number of benzene rings is 3. The standard InChI is InChI=1S/C28H20Cl4N4O2S2/c1-2-40(37,38)25-23(26-33-34-27(39-26)28(13-14-28)17-5-9-19(30)10-6-17)35-36(22-12-11-20(31)15-21(22)32)24(25)16-3-7-18(29)8-4-16/h3-12,15H,2,13-14H2,1H3. The van der Waals surface area contributed by atoms with Gasteiger partial charge in [0, 0.05) is 26.0 Å². The molecule has 0 aliphatic heterocycles. The van der Waals surface area contributed by atoms with Crippen molar-refractivity contribution in [3.8, 4) is 27.6 Å². The molecule has 5 aromatic rings. The van der Waals surface area contributed by atoms with Crippen molar-refractivity contribution < 1.29 is 8.42 Å². The number of hydrogen-bond donors (Lipinski definition) is 0. The van der Waals surface area contributed by atoms with Crippen LogP contribution in [0.25, 0.3) is 27.6 Å². The monoisotopic (exact) mass is 648 g/mol. The molecule has 0 amide bonds. The number of rotatable bonds is 7. The molecule has 0 N–H and O–H groups in total. The van der Waals surface area contributed by atoms with Gasteiger partial charge in [-0.1, -0.05) is 88.9 Å². The first-order chi connectivity index (χ1) is 19.1. The lowest BCUT2D eigenvalue weighted by molar-refractivity contribution is 0.598. The Hall–Kier alpha value is -2.46. The van der Waals surface area contributed by atoms with Gasteiger partial charge in [-0.15, -0.1) is 10.2 Å². The molecular weight excluding hydrogens is 630 g/mol. The third-order valence-electron chi connectivity index (χ3n) is 6.97. The summed E-state index contributed by atoms with van der Waals surface area (Å²) in [5.41, 5.74) is 2.47. The van der Waals surface area contributed by atoms with Crippen molar-refractivity contribution in [1.29, 1.82) is 0 Å². The summed E-state index contributed by atoms with van der Waals surface area (Å²) in [6.45, 7) is 1.60. The molecule has 1 aliphatic rings. The SMILES string of the molecule is CCS(=O)(=O)c1c(-c2nnc(C3(c4ccc(Cl)cc4)CC3)s2)nn(-c2ccc(Cl)cc2Cl)c1-c1ccc(Cl)cc1. The van der Waals surface area contributed by atoms with Crippen LogP contribution >= 0.6 is 57.7 Å². The maximum atomic E-state index is 13.7. The second kappa shape index (κ2) is 10.4. The van der Waals surface area contributed by atoms with Gasteiger partial charge in [0.1, 0.15) is 15.6 Å². The van der Waals surface area contributed by atoms with Gasteiger partial charge < -0.3 is 0 Å². The molecule has 6 rings (SSSR count). The minimum atomic E-state index is -3.80. The summed E-state index contributed by atoms with van der Waals surface area (Å²) in [5.74, 6) is -0.138. The van der Waals surface area contributed by atoms with E-state index in [0.29, 0.717) is 42.0 Å². The van der Waals surface area contributed by atoms with E-state index >= 15 is 0 Å². The average Bonchev–Trinajstić information content (AvgIpc) is 3.40. The molecule has 6 nitrogen and oxygen atoms in total. The molecule has 3 aromatic carbocycles. The van der Waals surface area contributed by atoms with Crippen LogP contribution in [-0.4, -0.2) is 34.1 Å². The highest BCUT2D eigenvalue weighted by molar-refractivity contribution is 7.91. The Morgan fingerprint density at radius 3 is 2.10 bits per heavy atom. The first-order valence-corrected chi connectivity index (χ1v) is 16.3. The summed E-state index contributed by atoms with van der Waals surface area (Å²) in [7, 11) is -3.80. The van der Waals surface area contributed by atoms with Crippen molar-refractivity contribution in [2.24, 2.45) is 0 Å². The number of nitrogens with zero attached hydrogens (tertiary/aromatic N) is 4. The lowest BCUT2D eigenvalue weighted by atomic mass is 9.97. The van der Waals surface area contributed by atoms with E-state index in [0.717, 1.165) is 23.4 Å². The molecule has 0 atom stereocenters. The van der Waals surface area contributed by atoms with E-state index in [1.54, 1.807) is 49.4 Å². The lowest BCUT2D eigenvalue weighted by Gasteiger charge is -2.12. The van der Waals surface area contributed by atoms with Crippen LogP contribution in [0.5, 0.6) is 0 Å². The van der Waals surface area contributed by atoms with Crippen LogP contribution < -0.4 is 0 Å². The van der Waals surface area contributed by atoms with Crippen LogP contribution in [0.2, 0.25) is 20.1 Å². The summed E-state index contributed by atoms with van der Waals surface area (Å²) in [4.78, 5) is 0.0578. The van der Waals surface area contributed by atoms with Crippen LogP contribution in [0.4, 0.5) is 0 Å². The molecule has 12 heteroatoms. The normalized spacial score (nSPS) is 14.4. The highest BCUT2D eigenvalue weighted by Gasteiger charge is 2.49. The number of hydrogen-bond acceptors (Lipinski definition) is 6. The molecular formula is C28H20Cl4N4O2S2. The zero-order valence-corrected chi connectivity index (χ0v) is 25.6. The van der Waals surface area contributed by atoms with Crippen molar-refractivity contribution in [2.75, 3.05) is 5.75 Å². The summed E-state index contributed by atoms with van der Waals surface area (Å²) < 4.78 is 29.0. The van der Waals surface area contributed by atoms with Gasteiger partial charge in [-0.3, -0.25) is 0 Å². The van der Waals surface area contributed by atoms with Crippen LogP contribution in [0.1, 0.15) is 30.3 Å². The molecule has 1 aliphatic carbocycles. The Balaban J connectivity index is 1.59. The smallest absolute Gasteiger partial charge is 0.182 e. The Morgan fingerprint density at radius 2 is 1.50 bits per heavy atom. The highest BCUT2D eigenvalue weighted by Crippen LogP contribution is 2.55. The predicted octanol–water partition coefficient (Wildman–Crippen LogP) is 8.54. The van der Waals surface area contributed by atoms with Gasteiger partial charge in [-0.2, -0.15) is 5.10 Å². The number of halogens is 4. The first kappa shape index (κ1) is 27.7. The lowest BCUT2D eigenvalue weighted by Crippen LogP contribution is -2.07. The van der Waals surface area contributed by atoms with Crippen LogP contribution in [-0.2, 0) is 15.3 Å². The van der Waals surface area contributed by atoms with Crippen molar-refractivity contribution >= 4 is 67.6 Å². The fourth-order valence-corrected chi connectivity index (χ4v) is 7.83. The molecule has 0 radical (unpaired) electrons. The van der Waals surface area contributed by atoms with Gasteiger partial charge in [-0.05, 0) is 60.9 Å². The van der Waals surface area contributed by atoms with Crippen LogP contribution in [0, 0.1) is 0 Å². The first-order valence-electron chi connectivity index (χ1n) is 12.3. The summed E-state index contributed by atoms with van der Waals surface area (Å²) >= 11 is 26.4. The van der Waals surface area contributed by atoms with Crippen molar-refractivity contribution in [1.82, 2.24) is 20.0 Å². The quantitative estimate of drug-likeness (QED) is 0.177. The topological polar surface area (TPSA) is 77.7 Å². The molecule has 1 fully saturated rings. The Morgan fingerprint density at radius 1 is 0.875 bits per heavy atom. The number of sulfone groups is 1. The molecule has 0 unspecified atom stereocenters. The van der Waals surface area contributed by atoms with Gasteiger partial charge in [0.25, 0.3) is 0 Å². The van der Waals surface area contributed by atoms with E-state index in [1.165, 1.54) is 16.0 Å².